The number of fused-ring (bicyclic) bond motifs is 6. The Labute approximate surface area is 402 Å². The van der Waals surface area contributed by atoms with Gasteiger partial charge in [0.05, 0.1) is 11.1 Å². The maximum absolute atomic E-state index is 6.44. The van der Waals surface area contributed by atoms with Crippen LogP contribution in [-0.4, -0.2) is 0 Å². The standard InChI is InChI=1S/C67H45NO/c1-4-19-46(20-5-1)47-37-39-48(40-38-47)50-21-16-26-54(45-50)68(62-34-14-11-27-56(62)57-31-18-36-64-66(57)59-29-12-15-35-63(59)69-64)53-43-41-49(42-44-53)55-30-17-33-61-65(55)58-28-10-13-32-60(58)67(61,51-22-6-2-7-23-51)52-24-8-3-9-25-52/h1-45H. The fourth-order valence-electron chi connectivity index (χ4n) is 11.2. The Kier molecular flexibility index (Phi) is 9.77. The normalized spacial score (nSPS) is 12.5. The van der Waals surface area contributed by atoms with Crippen LogP contribution >= 0.6 is 0 Å². The van der Waals surface area contributed by atoms with Crippen LogP contribution < -0.4 is 4.90 Å². The van der Waals surface area contributed by atoms with Crippen LogP contribution in [0.4, 0.5) is 17.1 Å². The minimum atomic E-state index is -0.471. The van der Waals surface area contributed by atoms with Crippen LogP contribution in [0.3, 0.4) is 0 Å². The van der Waals surface area contributed by atoms with Gasteiger partial charge in [-0.25, -0.2) is 0 Å². The van der Waals surface area contributed by atoms with Gasteiger partial charge in [-0.05, 0) is 115 Å². The van der Waals surface area contributed by atoms with E-state index in [4.69, 9.17) is 4.42 Å². The van der Waals surface area contributed by atoms with Crippen LogP contribution in [-0.2, 0) is 5.41 Å². The van der Waals surface area contributed by atoms with E-state index in [1.54, 1.807) is 0 Å². The van der Waals surface area contributed by atoms with Crippen molar-refractivity contribution in [3.63, 3.8) is 0 Å². The van der Waals surface area contributed by atoms with Crippen LogP contribution in [0, 0.1) is 0 Å². The van der Waals surface area contributed by atoms with Crippen molar-refractivity contribution in [2.24, 2.45) is 0 Å². The fourth-order valence-corrected chi connectivity index (χ4v) is 11.2. The summed E-state index contributed by atoms with van der Waals surface area (Å²) in [6.07, 6.45) is 0. The van der Waals surface area contributed by atoms with Crippen LogP contribution in [0.1, 0.15) is 22.3 Å². The predicted octanol–water partition coefficient (Wildman–Crippen LogP) is 18.1. The Morgan fingerprint density at radius 3 is 1.57 bits per heavy atom. The summed E-state index contributed by atoms with van der Waals surface area (Å²) in [7, 11) is 0. The molecule has 0 unspecified atom stereocenters. The first-order valence-electron chi connectivity index (χ1n) is 23.7. The molecule has 0 spiro atoms. The van der Waals surface area contributed by atoms with E-state index >= 15 is 0 Å². The van der Waals surface area contributed by atoms with Gasteiger partial charge in [-0.15, -0.1) is 0 Å². The summed E-state index contributed by atoms with van der Waals surface area (Å²) in [5, 5.41) is 2.22. The largest absolute Gasteiger partial charge is 0.456 e. The molecular weight excluding hydrogens is 835 g/mol. The lowest BCUT2D eigenvalue weighted by atomic mass is 9.67. The number of para-hydroxylation sites is 2. The molecule has 0 radical (unpaired) electrons. The van der Waals surface area contributed by atoms with Gasteiger partial charge in [0.2, 0.25) is 0 Å². The van der Waals surface area contributed by atoms with Crippen LogP contribution in [0.15, 0.2) is 277 Å². The van der Waals surface area contributed by atoms with Gasteiger partial charge in [0.25, 0.3) is 0 Å². The third-order valence-corrected chi connectivity index (χ3v) is 14.2. The van der Waals surface area contributed by atoms with Crippen molar-refractivity contribution in [3.05, 3.63) is 295 Å². The van der Waals surface area contributed by atoms with Gasteiger partial charge in [0.15, 0.2) is 0 Å². The quantitative estimate of drug-likeness (QED) is 0.144. The monoisotopic (exact) mass is 879 g/mol. The molecule has 324 valence electrons. The summed E-state index contributed by atoms with van der Waals surface area (Å²) in [5.41, 5.74) is 21.5. The highest BCUT2D eigenvalue weighted by atomic mass is 16.3. The molecule has 0 fully saturated rings. The first-order valence-corrected chi connectivity index (χ1v) is 23.7. The van der Waals surface area contributed by atoms with Crippen LogP contribution in [0.2, 0.25) is 0 Å². The fraction of sp³-hybridized carbons (Fsp3) is 0.0149. The minimum absolute atomic E-state index is 0.471. The van der Waals surface area contributed by atoms with Crippen molar-refractivity contribution >= 4 is 39.0 Å². The molecule has 1 heterocycles. The molecule has 13 rings (SSSR count). The molecule has 0 saturated carbocycles. The Morgan fingerprint density at radius 2 is 0.812 bits per heavy atom. The molecule has 0 bridgehead atoms. The Balaban J connectivity index is 0.977. The predicted molar refractivity (Wildman–Crippen MR) is 287 cm³/mol. The summed E-state index contributed by atoms with van der Waals surface area (Å²) in [4.78, 5) is 2.42. The third-order valence-electron chi connectivity index (χ3n) is 14.2. The summed E-state index contributed by atoms with van der Waals surface area (Å²) in [5.74, 6) is 0. The highest BCUT2D eigenvalue weighted by Crippen LogP contribution is 2.58. The topological polar surface area (TPSA) is 16.4 Å². The average molecular weight is 880 g/mol. The molecule has 0 N–H and O–H groups in total. The lowest BCUT2D eigenvalue weighted by Gasteiger charge is -2.34. The van der Waals surface area contributed by atoms with E-state index in [1.807, 2.05) is 6.07 Å². The highest BCUT2D eigenvalue weighted by molar-refractivity contribution is 6.14. The number of benzene rings is 11. The molecule has 0 saturated heterocycles. The first-order chi connectivity index (χ1) is 34.2. The Bertz CT molecular complexity index is 3780. The molecule has 2 nitrogen and oxygen atoms in total. The summed E-state index contributed by atoms with van der Waals surface area (Å²) in [6.45, 7) is 0. The van der Waals surface area contributed by atoms with Gasteiger partial charge >= 0.3 is 0 Å². The molecule has 1 aromatic heterocycles. The molecule has 0 amide bonds. The Hall–Kier alpha value is -8.98. The van der Waals surface area contributed by atoms with Gasteiger partial charge in [-0.1, -0.05) is 231 Å². The van der Waals surface area contributed by atoms with Gasteiger partial charge in [-0.3, -0.25) is 0 Å². The second-order valence-corrected chi connectivity index (χ2v) is 17.9. The van der Waals surface area contributed by atoms with E-state index in [0.29, 0.717) is 0 Å². The second-order valence-electron chi connectivity index (χ2n) is 17.9. The van der Waals surface area contributed by atoms with E-state index in [0.717, 1.165) is 66.8 Å². The summed E-state index contributed by atoms with van der Waals surface area (Å²) in [6, 6.07) is 99.2. The zero-order chi connectivity index (χ0) is 45.7. The zero-order valence-electron chi connectivity index (χ0n) is 37.8. The number of nitrogens with zero attached hydrogens (tertiary/aromatic N) is 1. The van der Waals surface area contributed by atoms with E-state index < -0.39 is 5.41 Å². The average Bonchev–Trinajstić information content (AvgIpc) is 3.97. The summed E-state index contributed by atoms with van der Waals surface area (Å²) < 4.78 is 6.44. The molecule has 0 atom stereocenters. The Morgan fingerprint density at radius 1 is 0.304 bits per heavy atom. The maximum Gasteiger partial charge on any atom is 0.136 e. The molecule has 11 aromatic carbocycles. The number of hydrogen-bond donors (Lipinski definition) is 0. The van der Waals surface area contributed by atoms with Crippen molar-refractivity contribution < 1.29 is 4.42 Å². The molecule has 1 aliphatic rings. The maximum atomic E-state index is 6.44. The van der Waals surface area contributed by atoms with Crippen molar-refractivity contribution in [2.45, 2.75) is 5.41 Å². The highest BCUT2D eigenvalue weighted by Gasteiger charge is 2.46. The minimum Gasteiger partial charge on any atom is -0.456 e. The van der Waals surface area contributed by atoms with E-state index in [9.17, 15) is 0 Å². The van der Waals surface area contributed by atoms with Gasteiger partial charge in [-0.2, -0.15) is 0 Å². The third kappa shape index (κ3) is 6.64. The van der Waals surface area contributed by atoms with Crippen molar-refractivity contribution in [2.75, 3.05) is 4.90 Å². The molecule has 1 aliphatic carbocycles. The zero-order valence-corrected chi connectivity index (χ0v) is 37.8. The molecular formula is C67H45NO. The number of hydrogen-bond acceptors (Lipinski definition) is 2. The summed E-state index contributed by atoms with van der Waals surface area (Å²) >= 11 is 0. The number of rotatable bonds is 9. The second kappa shape index (κ2) is 16.7. The van der Waals surface area contributed by atoms with Crippen LogP contribution in [0.5, 0.6) is 0 Å². The van der Waals surface area contributed by atoms with E-state index in [-0.39, 0.29) is 0 Å². The lowest BCUT2D eigenvalue weighted by molar-refractivity contribution is 0.669. The molecule has 12 aromatic rings. The van der Waals surface area contributed by atoms with Crippen molar-refractivity contribution in [1.29, 1.82) is 0 Å². The smallest absolute Gasteiger partial charge is 0.136 e. The van der Waals surface area contributed by atoms with Gasteiger partial charge in [0.1, 0.15) is 11.2 Å². The van der Waals surface area contributed by atoms with Crippen molar-refractivity contribution in [3.8, 4) is 55.6 Å². The van der Waals surface area contributed by atoms with E-state index in [1.165, 1.54) is 50.1 Å². The first kappa shape index (κ1) is 40.3. The number of furan rings is 1. The molecule has 2 heteroatoms. The van der Waals surface area contributed by atoms with Gasteiger partial charge in [0, 0.05) is 27.7 Å². The SMILES string of the molecule is c1ccc(-c2ccc(-c3cccc(N(c4ccc(-c5cccc6c5-c5ccccc5C6(c5ccccc5)c5ccccc5)cc4)c4ccccc4-c4cccc5oc6ccccc6c45)c3)cc2)cc1. The molecule has 0 aliphatic heterocycles. The van der Waals surface area contributed by atoms with Crippen molar-refractivity contribution in [1.82, 2.24) is 0 Å². The van der Waals surface area contributed by atoms with Crippen LogP contribution in [0.25, 0.3) is 77.6 Å². The van der Waals surface area contributed by atoms with E-state index in [2.05, 4.69) is 272 Å². The number of anilines is 3. The molecule has 69 heavy (non-hydrogen) atoms. The lowest BCUT2D eigenvalue weighted by Crippen LogP contribution is -2.28. The van der Waals surface area contributed by atoms with Gasteiger partial charge < -0.3 is 9.32 Å².